The van der Waals surface area contributed by atoms with Crippen LogP contribution in [0.4, 0.5) is 0 Å². The molecule has 0 radical (unpaired) electrons. The molecule has 1 aliphatic rings. The minimum Gasteiger partial charge on any atom is -0.337 e. The van der Waals surface area contributed by atoms with E-state index in [0.717, 1.165) is 24.0 Å². The third kappa shape index (κ3) is 2.50. The molecule has 19 heavy (non-hydrogen) atoms. The molecule has 0 atom stereocenters. The van der Waals surface area contributed by atoms with Crippen LogP contribution in [-0.2, 0) is 5.41 Å². The standard InChI is InChI=1S/C15H17N3O/c1-5-12(8-11(4)10(2)3)13-17-14(19-18-13)15(9-16)6-7-15/h5,8H,1,6-7H2,2-4H3. The second-order valence-electron chi connectivity index (χ2n) is 5.10. The predicted molar refractivity (Wildman–Crippen MR) is 73.0 cm³/mol. The Bertz CT molecular complexity index is 606. The first-order chi connectivity index (χ1) is 9.02. The molecule has 0 bridgehead atoms. The Balaban J connectivity index is 2.34. The molecule has 4 nitrogen and oxygen atoms in total. The van der Waals surface area contributed by atoms with Crippen LogP contribution in [0, 0.1) is 11.3 Å². The summed E-state index contributed by atoms with van der Waals surface area (Å²) < 4.78 is 5.22. The fourth-order valence-electron chi connectivity index (χ4n) is 1.63. The number of nitriles is 1. The summed E-state index contributed by atoms with van der Waals surface area (Å²) in [5, 5.41) is 13.1. The molecule has 0 saturated heterocycles. The highest BCUT2D eigenvalue weighted by molar-refractivity contribution is 5.71. The minimum absolute atomic E-state index is 0.424. The molecule has 0 aliphatic heterocycles. The Hall–Kier alpha value is -2.15. The fourth-order valence-corrected chi connectivity index (χ4v) is 1.63. The van der Waals surface area contributed by atoms with Crippen LogP contribution in [0.5, 0.6) is 0 Å². The van der Waals surface area contributed by atoms with Crippen molar-refractivity contribution in [2.75, 3.05) is 0 Å². The number of hydrogen-bond acceptors (Lipinski definition) is 4. The molecule has 4 heteroatoms. The molecule has 0 amide bonds. The van der Waals surface area contributed by atoms with Crippen molar-refractivity contribution >= 4 is 5.57 Å². The number of aromatic nitrogens is 2. The number of allylic oxidation sites excluding steroid dienone is 5. The van der Waals surface area contributed by atoms with Crippen molar-refractivity contribution in [1.82, 2.24) is 10.1 Å². The van der Waals surface area contributed by atoms with Gasteiger partial charge in [0.15, 0.2) is 0 Å². The number of nitrogens with zero attached hydrogens (tertiary/aromatic N) is 3. The maximum atomic E-state index is 9.11. The van der Waals surface area contributed by atoms with Gasteiger partial charge in [-0.15, -0.1) is 0 Å². The van der Waals surface area contributed by atoms with Crippen molar-refractivity contribution in [3.63, 3.8) is 0 Å². The molecule has 1 aromatic heterocycles. The highest BCUT2D eigenvalue weighted by atomic mass is 16.5. The molecule has 1 fully saturated rings. The highest BCUT2D eigenvalue weighted by Crippen LogP contribution is 2.46. The molecule has 0 spiro atoms. The summed E-state index contributed by atoms with van der Waals surface area (Å²) in [6.07, 6.45) is 5.27. The van der Waals surface area contributed by atoms with E-state index in [4.69, 9.17) is 9.78 Å². The van der Waals surface area contributed by atoms with Crippen LogP contribution < -0.4 is 0 Å². The van der Waals surface area contributed by atoms with Gasteiger partial charge in [0.2, 0.25) is 11.7 Å². The first-order valence-corrected chi connectivity index (χ1v) is 6.26. The lowest BCUT2D eigenvalue weighted by Crippen LogP contribution is -2.02. The van der Waals surface area contributed by atoms with Crippen molar-refractivity contribution in [3.8, 4) is 6.07 Å². The van der Waals surface area contributed by atoms with Crippen molar-refractivity contribution < 1.29 is 4.52 Å². The van der Waals surface area contributed by atoms with Gasteiger partial charge >= 0.3 is 0 Å². The zero-order valence-corrected chi connectivity index (χ0v) is 11.5. The molecule has 1 saturated carbocycles. The third-order valence-electron chi connectivity index (χ3n) is 3.44. The molecular weight excluding hydrogens is 238 g/mol. The van der Waals surface area contributed by atoms with E-state index >= 15 is 0 Å². The van der Waals surface area contributed by atoms with Gasteiger partial charge in [-0.05, 0) is 39.7 Å². The average Bonchev–Trinajstić information content (AvgIpc) is 3.05. The van der Waals surface area contributed by atoms with Crippen LogP contribution >= 0.6 is 0 Å². The molecule has 0 aromatic carbocycles. The summed E-state index contributed by atoms with van der Waals surface area (Å²) in [6.45, 7) is 9.89. The van der Waals surface area contributed by atoms with E-state index in [1.165, 1.54) is 5.57 Å². The first kappa shape index (κ1) is 13.3. The first-order valence-electron chi connectivity index (χ1n) is 6.26. The lowest BCUT2D eigenvalue weighted by atomic mass is 10.1. The summed E-state index contributed by atoms with van der Waals surface area (Å²) in [6, 6.07) is 2.25. The lowest BCUT2D eigenvalue weighted by Gasteiger charge is -1.99. The van der Waals surface area contributed by atoms with Gasteiger partial charge < -0.3 is 4.52 Å². The zero-order chi connectivity index (χ0) is 14.0. The Kier molecular flexibility index (Phi) is 3.39. The van der Waals surface area contributed by atoms with Gasteiger partial charge in [0.25, 0.3) is 0 Å². The van der Waals surface area contributed by atoms with Gasteiger partial charge in [-0.25, -0.2) is 0 Å². The maximum Gasteiger partial charge on any atom is 0.247 e. The quantitative estimate of drug-likeness (QED) is 0.772. The van der Waals surface area contributed by atoms with E-state index < -0.39 is 5.41 Å². The molecular formula is C15H17N3O. The van der Waals surface area contributed by atoms with Crippen LogP contribution in [0.3, 0.4) is 0 Å². The van der Waals surface area contributed by atoms with E-state index in [1.54, 1.807) is 6.08 Å². The van der Waals surface area contributed by atoms with Crippen LogP contribution in [0.25, 0.3) is 5.57 Å². The molecule has 2 rings (SSSR count). The fraction of sp³-hybridized carbons (Fsp3) is 0.400. The van der Waals surface area contributed by atoms with Crippen LogP contribution in [-0.4, -0.2) is 10.1 Å². The van der Waals surface area contributed by atoms with Crippen molar-refractivity contribution in [1.29, 1.82) is 5.26 Å². The van der Waals surface area contributed by atoms with Gasteiger partial charge in [0.1, 0.15) is 5.41 Å². The minimum atomic E-state index is -0.539. The molecule has 1 aromatic rings. The maximum absolute atomic E-state index is 9.11. The van der Waals surface area contributed by atoms with Gasteiger partial charge in [-0.2, -0.15) is 10.2 Å². The molecule has 0 N–H and O–H groups in total. The topological polar surface area (TPSA) is 62.7 Å². The smallest absolute Gasteiger partial charge is 0.247 e. The van der Waals surface area contributed by atoms with E-state index in [2.05, 4.69) is 22.8 Å². The molecule has 1 heterocycles. The Morgan fingerprint density at radius 3 is 2.58 bits per heavy atom. The normalized spacial score (nSPS) is 16.6. The van der Waals surface area contributed by atoms with Gasteiger partial charge in [-0.1, -0.05) is 29.0 Å². The number of hydrogen-bond donors (Lipinski definition) is 0. The van der Waals surface area contributed by atoms with Gasteiger partial charge in [0, 0.05) is 5.57 Å². The summed E-state index contributed by atoms with van der Waals surface area (Å²) in [5.74, 6) is 0.916. The summed E-state index contributed by atoms with van der Waals surface area (Å²) in [7, 11) is 0. The van der Waals surface area contributed by atoms with Crippen LogP contribution in [0.1, 0.15) is 45.3 Å². The van der Waals surface area contributed by atoms with E-state index in [1.807, 2.05) is 26.8 Å². The van der Waals surface area contributed by atoms with E-state index in [9.17, 15) is 0 Å². The second kappa shape index (κ2) is 4.85. The number of rotatable bonds is 4. The molecule has 0 unspecified atom stereocenters. The van der Waals surface area contributed by atoms with E-state index in [-0.39, 0.29) is 0 Å². The molecule has 1 aliphatic carbocycles. The van der Waals surface area contributed by atoms with Crippen LogP contribution in [0.2, 0.25) is 0 Å². The highest BCUT2D eigenvalue weighted by Gasteiger charge is 2.50. The summed E-state index contributed by atoms with van der Waals surface area (Å²) >= 11 is 0. The Morgan fingerprint density at radius 1 is 1.42 bits per heavy atom. The second-order valence-corrected chi connectivity index (χ2v) is 5.10. The Labute approximate surface area is 113 Å². The van der Waals surface area contributed by atoms with Gasteiger partial charge in [-0.3, -0.25) is 0 Å². The summed E-state index contributed by atoms with van der Waals surface area (Å²) in [4.78, 5) is 4.34. The largest absolute Gasteiger partial charge is 0.337 e. The van der Waals surface area contributed by atoms with Crippen LogP contribution in [0.15, 0.2) is 34.4 Å². The zero-order valence-electron chi connectivity index (χ0n) is 11.5. The summed E-state index contributed by atoms with van der Waals surface area (Å²) in [5.41, 5.74) is 2.63. The molecule has 98 valence electrons. The average molecular weight is 255 g/mol. The predicted octanol–water partition coefficient (Wildman–Crippen LogP) is 3.55. The third-order valence-corrected chi connectivity index (χ3v) is 3.44. The van der Waals surface area contributed by atoms with Crippen molar-refractivity contribution in [3.05, 3.63) is 41.6 Å². The van der Waals surface area contributed by atoms with E-state index in [0.29, 0.717) is 11.7 Å². The monoisotopic (exact) mass is 255 g/mol. The Morgan fingerprint density at radius 2 is 2.11 bits per heavy atom. The lowest BCUT2D eigenvalue weighted by molar-refractivity contribution is 0.363. The van der Waals surface area contributed by atoms with Gasteiger partial charge in [0.05, 0.1) is 6.07 Å². The van der Waals surface area contributed by atoms with Crippen molar-refractivity contribution in [2.24, 2.45) is 0 Å². The SMILES string of the molecule is C=CC(=CC(C)=C(C)C)c1noc(C2(C#N)CC2)n1. The van der Waals surface area contributed by atoms with Crippen molar-refractivity contribution in [2.45, 2.75) is 39.0 Å².